The van der Waals surface area contributed by atoms with Crippen LogP contribution in [0.1, 0.15) is 31.2 Å². The lowest BCUT2D eigenvalue weighted by Crippen LogP contribution is -2.43. The minimum Gasteiger partial charge on any atom is -0.385 e. The van der Waals surface area contributed by atoms with Crippen LogP contribution in [-0.2, 0) is 16.0 Å². The van der Waals surface area contributed by atoms with Crippen molar-refractivity contribution in [3.05, 3.63) is 35.9 Å². The Kier molecular flexibility index (Phi) is 5.76. The molecule has 0 spiro atoms. The van der Waals surface area contributed by atoms with Crippen molar-refractivity contribution in [2.24, 2.45) is 11.1 Å². The molecule has 1 saturated carbocycles. The van der Waals surface area contributed by atoms with Crippen LogP contribution in [-0.4, -0.2) is 32.2 Å². The Morgan fingerprint density at radius 2 is 2.10 bits per heavy atom. The highest BCUT2D eigenvalue weighted by atomic mass is 16.5. The summed E-state index contributed by atoms with van der Waals surface area (Å²) in [6.45, 7) is 1.49. The van der Waals surface area contributed by atoms with Gasteiger partial charge in [0.15, 0.2) is 0 Å². The van der Waals surface area contributed by atoms with Gasteiger partial charge in [0.25, 0.3) is 0 Å². The zero-order valence-corrected chi connectivity index (χ0v) is 12.8. The van der Waals surface area contributed by atoms with Gasteiger partial charge in [0.1, 0.15) is 0 Å². The molecule has 0 heterocycles. The van der Waals surface area contributed by atoms with Crippen LogP contribution in [0.4, 0.5) is 0 Å². The van der Waals surface area contributed by atoms with E-state index in [2.05, 4.69) is 17.4 Å². The summed E-state index contributed by atoms with van der Waals surface area (Å²) in [6.07, 6.45) is 4.89. The molecule has 1 aliphatic carbocycles. The molecular weight excluding hydrogens is 264 g/mol. The van der Waals surface area contributed by atoms with Crippen molar-refractivity contribution >= 4 is 5.91 Å². The number of methoxy groups -OCH3 is 1. The first kappa shape index (κ1) is 16.0. The zero-order valence-electron chi connectivity index (χ0n) is 12.8. The van der Waals surface area contributed by atoms with Gasteiger partial charge < -0.3 is 15.8 Å². The lowest BCUT2D eigenvalue weighted by atomic mass is 10.0. The van der Waals surface area contributed by atoms with E-state index in [0.717, 1.165) is 26.0 Å². The maximum Gasteiger partial charge on any atom is 0.236 e. The van der Waals surface area contributed by atoms with Gasteiger partial charge in [0.05, 0.1) is 6.04 Å². The SMILES string of the molecule is COCCC1(CNC(=O)[C@@H](N)CCc2ccccc2)CC1. The van der Waals surface area contributed by atoms with E-state index in [1.54, 1.807) is 7.11 Å². The molecular formula is C17H26N2O2. The average molecular weight is 290 g/mol. The second-order valence-electron chi connectivity index (χ2n) is 6.09. The van der Waals surface area contributed by atoms with Crippen molar-refractivity contribution in [1.82, 2.24) is 5.32 Å². The van der Waals surface area contributed by atoms with Crippen molar-refractivity contribution < 1.29 is 9.53 Å². The third-order valence-corrected chi connectivity index (χ3v) is 4.35. The molecule has 116 valence electrons. The molecule has 1 fully saturated rings. The first-order chi connectivity index (χ1) is 10.2. The number of carbonyl (C=O) groups is 1. The van der Waals surface area contributed by atoms with Gasteiger partial charge in [0.2, 0.25) is 5.91 Å². The number of ether oxygens (including phenoxy) is 1. The Morgan fingerprint density at radius 3 is 2.71 bits per heavy atom. The topological polar surface area (TPSA) is 64.3 Å². The number of benzene rings is 1. The van der Waals surface area contributed by atoms with Crippen LogP contribution in [0.15, 0.2) is 30.3 Å². The molecule has 1 aliphatic rings. The molecule has 21 heavy (non-hydrogen) atoms. The van der Waals surface area contributed by atoms with Crippen LogP contribution < -0.4 is 11.1 Å². The molecule has 4 heteroatoms. The fraction of sp³-hybridized carbons (Fsp3) is 0.588. The van der Waals surface area contributed by atoms with E-state index in [4.69, 9.17) is 10.5 Å². The lowest BCUT2D eigenvalue weighted by Gasteiger charge is -2.18. The molecule has 0 bridgehead atoms. The van der Waals surface area contributed by atoms with E-state index in [1.165, 1.54) is 18.4 Å². The number of amides is 1. The minimum absolute atomic E-state index is 0.0328. The Hall–Kier alpha value is -1.39. The maximum absolute atomic E-state index is 12.0. The maximum atomic E-state index is 12.0. The molecule has 1 atom stereocenters. The van der Waals surface area contributed by atoms with Gasteiger partial charge in [-0.15, -0.1) is 0 Å². The Morgan fingerprint density at radius 1 is 1.38 bits per heavy atom. The molecule has 0 aromatic heterocycles. The summed E-state index contributed by atoms with van der Waals surface area (Å²) < 4.78 is 5.12. The Labute approximate surface area is 127 Å². The van der Waals surface area contributed by atoms with Gasteiger partial charge in [-0.25, -0.2) is 0 Å². The molecule has 1 amide bonds. The molecule has 0 unspecified atom stereocenters. The Bertz CT molecular complexity index is 443. The van der Waals surface area contributed by atoms with E-state index in [9.17, 15) is 4.79 Å². The second kappa shape index (κ2) is 7.57. The fourth-order valence-electron chi connectivity index (χ4n) is 2.51. The van der Waals surface area contributed by atoms with Gasteiger partial charge in [0, 0.05) is 20.3 Å². The standard InChI is InChI=1S/C17H26N2O2/c1-21-12-11-17(9-10-17)13-19-16(20)15(18)8-7-14-5-3-2-4-6-14/h2-6,15H,7-13,18H2,1H3,(H,19,20)/t15-/m0/s1. The third-order valence-electron chi connectivity index (χ3n) is 4.35. The van der Waals surface area contributed by atoms with Gasteiger partial charge in [-0.2, -0.15) is 0 Å². The number of nitrogens with one attached hydrogen (secondary N) is 1. The minimum atomic E-state index is -0.427. The average Bonchev–Trinajstić information content (AvgIpc) is 3.30. The summed E-state index contributed by atoms with van der Waals surface area (Å²) in [7, 11) is 1.72. The van der Waals surface area contributed by atoms with Gasteiger partial charge in [-0.05, 0) is 43.1 Å². The smallest absolute Gasteiger partial charge is 0.236 e. The first-order valence-corrected chi connectivity index (χ1v) is 7.71. The van der Waals surface area contributed by atoms with E-state index < -0.39 is 6.04 Å². The van der Waals surface area contributed by atoms with Crippen molar-refractivity contribution in [1.29, 1.82) is 0 Å². The molecule has 3 N–H and O–H groups in total. The number of hydrogen-bond acceptors (Lipinski definition) is 3. The van der Waals surface area contributed by atoms with E-state index >= 15 is 0 Å². The number of carbonyl (C=O) groups excluding carboxylic acids is 1. The predicted octanol–water partition coefficient (Wildman–Crippen LogP) is 1.88. The van der Waals surface area contributed by atoms with E-state index in [-0.39, 0.29) is 11.3 Å². The van der Waals surface area contributed by atoms with Crippen LogP contribution >= 0.6 is 0 Å². The van der Waals surface area contributed by atoms with Crippen molar-refractivity contribution in [3.63, 3.8) is 0 Å². The van der Waals surface area contributed by atoms with E-state index in [0.29, 0.717) is 6.42 Å². The van der Waals surface area contributed by atoms with Crippen molar-refractivity contribution in [2.75, 3.05) is 20.3 Å². The zero-order chi connectivity index (χ0) is 15.1. The van der Waals surface area contributed by atoms with Gasteiger partial charge in [-0.1, -0.05) is 30.3 Å². The summed E-state index contributed by atoms with van der Waals surface area (Å²) in [4.78, 5) is 12.0. The second-order valence-corrected chi connectivity index (χ2v) is 6.09. The number of hydrogen-bond donors (Lipinski definition) is 2. The van der Waals surface area contributed by atoms with Crippen LogP contribution in [0.2, 0.25) is 0 Å². The quantitative estimate of drug-likeness (QED) is 0.730. The monoisotopic (exact) mass is 290 g/mol. The van der Waals surface area contributed by atoms with E-state index in [1.807, 2.05) is 18.2 Å². The molecule has 4 nitrogen and oxygen atoms in total. The highest BCUT2D eigenvalue weighted by Gasteiger charge is 2.42. The first-order valence-electron chi connectivity index (χ1n) is 7.71. The molecule has 1 aromatic rings. The van der Waals surface area contributed by atoms with Crippen molar-refractivity contribution in [3.8, 4) is 0 Å². The molecule has 2 rings (SSSR count). The summed E-state index contributed by atoms with van der Waals surface area (Å²) in [5.74, 6) is -0.0328. The summed E-state index contributed by atoms with van der Waals surface area (Å²) in [5.41, 5.74) is 7.47. The summed E-state index contributed by atoms with van der Waals surface area (Å²) >= 11 is 0. The largest absolute Gasteiger partial charge is 0.385 e. The predicted molar refractivity (Wildman–Crippen MR) is 83.9 cm³/mol. The highest BCUT2D eigenvalue weighted by molar-refractivity contribution is 5.81. The lowest BCUT2D eigenvalue weighted by molar-refractivity contribution is -0.122. The number of rotatable bonds is 9. The molecule has 1 aromatic carbocycles. The van der Waals surface area contributed by atoms with Crippen molar-refractivity contribution in [2.45, 2.75) is 38.1 Å². The van der Waals surface area contributed by atoms with Crippen LogP contribution in [0.5, 0.6) is 0 Å². The van der Waals surface area contributed by atoms with Gasteiger partial charge >= 0.3 is 0 Å². The highest BCUT2D eigenvalue weighted by Crippen LogP contribution is 2.48. The fourth-order valence-corrected chi connectivity index (χ4v) is 2.51. The van der Waals surface area contributed by atoms with Gasteiger partial charge in [-0.3, -0.25) is 4.79 Å². The summed E-state index contributed by atoms with van der Waals surface area (Å²) in [6, 6.07) is 9.71. The molecule has 0 saturated heterocycles. The van der Waals surface area contributed by atoms with Crippen LogP contribution in [0.25, 0.3) is 0 Å². The molecule has 0 radical (unpaired) electrons. The normalized spacial score (nSPS) is 17.2. The number of nitrogens with two attached hydrogens (primary N) is 1. The van der Waals surface area contributed by atoms with Crippen LogP contribution in [0.3, 0.4) is 0 Å². The van der Waals surface area contributed by atoms with Crippen LogP contribution in [0, 0.1) is 5.41 Å². The number of aryl methyl sites for hydroxylation is 1. The molecule has 0 aliphatic heterocycles. The Balaban J connectivity index is 1.68. The summed E-state index contributed by atoms with van der Waals surface area (Å²) in [5, 5.41) is 3.01. The third kappa shape index (κ3) is 5.14.